The zero-order valence-corrected chi connectivity index (χ0v) is 14.5. The number of fused-ring (bicyclic) bond motifs is 1. The largest absolute Gasteiger partial charge is 0.505 e. The Morgan fingerprint density at radius 3 is 2.56 bits per heavy atom. The Hall–Kier alpha value is -3.07. The van der Waals surface area contributed by atoms with Gasteiger partial charge < -0.3 is 10.4 Å². The Kier molecular flexibility index (Phi) is 5.14. The molecule has 1 atom stereocenters. The number of phenolic OH excluding ortho intramolecular Hbond substituents is 1. The highest BCUT2D eigenvalue weighted by atomic mass is 16.3. The van der Waals surface area contributed by atoms with Crippen molar-refractivity contribution in [3.63, 3.8) is 0 Å². The predicted molar refractivity (Wildman–Crippen MR) is 105 cm³/mol. The summed E-state index contributed by atoms with van der Waals surface area (Å²) in [5.41, 5.74) is 3.51. The van der Waals surface area contributed by atoms with Crippen molar-refractivity contribution in [3.8, 4) is 5.75 Å². The average Bonchev–Trinajstić information content (AvgIpc) is 2.66. The average molecular weight is 330 g/mol. The minimum atomic E-state index is -0.171. The molecule has 0 bridgehead atoms. The van der Waals surface area contributed by atoms with Crippen LogP contribution in [0, 0.1) is 0 Å². The number of pyridine rings is 1. The molecular formula is C22H22N2O. The highest BCUT2D eigenvalue weighted by Gasteiger charge is 2.20. The summed E-state index contributed by atoms with van der Waals surface area (Å²) in [6.45, 7) is 4.00. The third-order valence-electron chi connectivity index (χ3n) is 4.20. The second-order valence-electron chi connectivity index (χ2n) is 5.81. The number of nitrogens with one attached hydrogen (secondary N) is 1. The minimum absolute atomic E-state index is 0.171. The van der Waals surface area contributed by atoms with E-state index in [4.69, 9.17) is 0 Å². The molecule has 3 heteroatoms. The zero-order valence-electron chi connectivity index (χ0n) is 14.5. The van der Waals surface area contributed by atoms with Crippen molar-refractivity contribution in [1.82, 2.24) is 4.98 Å². The SMILES string of the molecule is C/C=C\C(=C/C)C(Nc1ccccc1)c1ccc2cccnc2c1O. The summed E-state index contributed by atoms with van der Waals surface area (Å²) in [4.78, 5) is 4.35. The molecule has 0 saturated heterocycles. The molecule has 1 unspecified atom stereocenters. The summed E-state index contributed by atoms with van der Waals surface area (Å²) in [5, 5.41) is 15.3. The molecule has 2 N–H and O–H groups in total. The first kappa shape index (κ1) is 16.8. The summed E-state index contributed by atoms with van der Waals surface area (Å²) < 4.78 is 0. The third kappa shape index (κ3) is 3.56. The molecule has 0 radical (unpaired) electrons. The van der Waals surface area contributed by atoms with E-state index in [9.17, 15) is 5.11 Å². The van der Waals surface area contributed by atoms with Gasteiger partial charge in [-0.15, -0.1) is 0 Å². The number of allylic oxidation sites excluding steroid dienone is 2. The summed E-state index contributed by atoms with van der Waals surface area (Å²) in [5.74, 6) is 0.218. The molecule has 3 aromatic rings. The molecule has 0 saturated carbocycles. The fraction of sp³-hybridized carbons (Fsp3) is 0.136. The Balaban J connectivity index is 2.12. The first-order valence-corrected chi connectivity index (χ1v) is 8.41. The van der Waals surface area contributed by atoms with Crippen LogP contribution in [-0.4, -0.2) is 10.1 Å². The minimum Gasteiger partial charge on any atom is -0.505 e. The second kappa shape index (κ2) is 7.67. The van der Waals surface area contributed by atoms with E-state index in [0.29, 0.717) is 5.52 Å². The summed E-state index contributed by atoms with van der Waals surface area (Å²) in [6, 6.07) is 17.6. The summed E-state index contributed by atoms with van der Waals surface area (Å²) in [6.07, 6.45) is 7.82. The predicted octanol–water partition coefficient (Wildman–Crippen LogP) is 5.62. The molecule has 0 fully saturated rings. The molecule has 1 heterocycles. The molecule has 0 aliphatic carbocycles. The van der Waals surface area contributed by atoms with Crippen LogP contribution in [-0.2, 0) is 0 Å². The molecule has 0 aliphatic rings. The van der Waals surface area contributed by atoms with Crippen LogP contribution in [0.25, 0.3) is 10.9 Å². The lowest BCUT2D eigenvalue weighted by molar-refractivity contribution is 0.471. The molecule has 1 aromatic heterocycles. The van der Waals surface area contributed by atoms with Gasteiger partial charge in [-0.05, 0) is 37.6 Å². The third-order valence-corrected chi connectivity index (χ3v) is 4.20. The van der Waals surface area contributed by atoms with Gasteiger partial charge in [0.2, 0.25) is 0 Å². The maximum absolute atomic E-state index is 10.9. The van der Waals surface area contributed by atoms with Crippen molar-refractivity contribution >= 4 is 16.6 Å². The number of phenols is 1. The number of nitrogens with zero attached hydrogens (tertiary/aromatic N) is 1. The maximum Gasteiger partial charge on any atom is 0.147 e. The highest BCUT2D eigenvalue weighted by Crippen LogP contribution is 2.36. The number of para-hydroxylation sites is 1. The van der Waals surface area contributed by atoms with Gasteiger partial charge in [-0.25, -0.2) is 0 Å². The van der Waals surface area contributed by atoms with Gasteiger partial charge in [-0.3, -0.25) is 4.98 Å². The van der Waals surface area contributed by atoms with Gasteiger partial charge in [0.25, 0.3) is 0 Å². The summed E-state index contributed by atoms with van der Waals surface area (Å²) in [7, 11) is 0. The first-order chi connectivity index (χ1) is 12.2. The lowest BCUT2D eigenvalue weighted by Gasteiger charge is -2.23. The van der Waals surface area contributed by atoms with Crippen molar-refractivity contribution in [1.29, 1.82) is 0 Å². The van der Waals surface area contributed by atoms with Crippen LogP contribution >= 0.6 is 0 Å². The van der Waals surface area contributed by atoms with Crippen LogP contribution in [0.4, 0.5) is 5.69 Å². The number of aromatic hydroxyl groups is 1. The van der Waals surface area contributed by atoms with Crippen molar-refractivity contribution in [2.75, 3.05) is 5.32 Å². The summed E-state index contributed by atoms with van der Waals surface area (Å²) >= 11 is 0. The lowest BCUT2D eigenvalue weighted by Crippen LogP contribution is -2.13. The fourth-order valence-electron chi connectivity index (χ4n) is 2.97. The van der Waals surface area contributed by atoms with Crippen LogP contribution in [0.15, 0.2) is 84.6 Å². The van der Waals surface area contributed by atoms with Crippen LogP contribution in [0.1, 0.15) is 25.5 Å². The smallest absolute Gasteiger partial charge is 0.147 e. The number of hydrogen-bond donors (Lipinski definition) is 2. The van der Waals surface area contributed by atoms with Crippen LogP contribution in [0.5, 0.6) is 5.75 Å². The van der Waals surface area contributed by atoms with E-state index in [2.05, 4.69) is 22.5 Å². The van der Waals surface area contributed by atoms with Crippen LogP contribution < -0.4 is 5.32 Å². The Labute approximate surface area is 148 Å². The number of benzene rings is 2. The topological polar surface area (TPSA) is 45.2 Å². The molecule has 0 amide bonds. The van der Waals surface area contributed by atoms with Gasteiger partial charge in [0.15, 0.2) is 0 Å². The van der Waals surface area contributed by atoms with E-state index in [1.807, 2.05) is 74.5 Å². The lowest BCUT2D eigenvalue weighted by atomic mass is 9.95. The van der Waals surface area contributed by atoms with Crippen molar-refractivity contribution in [3.05, 3.63) is 90.2 Å². The van der Waals surface area contributed by atoms with Crippen LogP contribution in [0.2, 0.25) is 0 Å². The second-order valence-corrected chi connectivity index (χ2v) is 5.81. The number of aromatic nitrogens is 1. The van der Waals surface area contributed by atoms with E-state index in [-0.39, 0.29) is 11.8 Å². The Morgan fingerprint density at radius 1 is 1.04 bits per heavy atom. The van der Waals surface area contributed by atoms with E-state index in [0.717, 1.165) is 22.2 Å². The van der Waals surface area contributed by atoms with Crippen molar-refractivity contribution in [2.45, 2.75) is 19.9 Å². The van der Waals surface area contributed by atoms with Crippen LogP contribution in [0.3, 0.4) is 0 Å². The van der Waals surface area contributed by atoms with E-state index in [1.54, 1.807) is 6.20 Å². The van der Waals surface area contributed by atoms with Gasteiger partial charge in [-0.1, -0.05) is 54.6 Å². The number of hydrogen-bond acceptors (Lipinski definition) is 3. The Bertz CT molecular complexity index is 914. The highest BCUT2D eigenvalue weighted by molar-refractivity contribution is 5.86. The zero-order chi connectivity index (χ0) is 17.6. The number of rotatable bonds is 5. The van der Waals surface area contributed by atoms with E-state index in [1.165, 1.54) is 0 Å². The Morgan fingerprint density at radius 2 is 1.84 bits per heavy atom. The molecule has 3 nitrogen and oxygen atoms in total. The van der Waals surface area contributed by atoms with Crippen molar-refractivity contribution < 1.29 is 5.11 Å². The van der Waals surface area contributed by atoms with Gasteiger partial charge >= 0.3 is 0 Å². The molecule has 2 aromatic carbocycles. The molecule has 0 spiro atoms. The molecule has 0 aliphatic heterocycles. The quantitative estimate of drug-likeness (QED) is 0.597. The van der Waals surface area contributed by atoms with E-state index >= 15 is 0 Å². The molecular weight excluding hydrogens is 308 g/mol. The molecule has 126 valence electrons. The van der Waals surface area contributed by atoms with Crippen molar-refractivity contribution in [2.24, 2.45) is 0 Å². The maximum atomic E-state index is 10.9. The first-order valence-electron chi connectivity index (χ1n) is 8.41. The monoisotopic (exact) mass is 330 g/mol. The van der Waals surface area contributed by atoms with Gasteiger partial charge in [0.1, 0.15) is 11.3 Å². The standard InChI is InChI=1S/C22H22N2O/c1-3-9-16(4-2)20(24-18-11-6-5-7-12-18)19-14-13-17-10-8-15-23-21(17)22(19)25/h3-15,20,24-25H,1-2H3/b9-3-,16-4+. The van der Waals surface area contributed by atoms with Gasteiger partial charge in [0.05, 0.1) is 6.04 Å². The number of anilines is 1. The normalized spacial score (nSPS) is 13.3. The molecule has 25 heavy (non-hydrogen) atoms. The fourth-order valence-corrected chi connectivity index (χ4v) is 2.97. The van der Waals surface area contributed by atoms with Gasteiger partial charge in [-0.2, -0.15) is 0 Å². The molecule has 3 rings (SSSR count). The van der Waals surface area contributed by atoms with Gasteiger partial charge in [0, 0.05) is 22.8 Å². The van der Waals surface area contributed by atoms with E-state index < -0.39 is 0 Å².